The largest absolute Gasteiger partial charge is 0.343 e. The molecular weight excluding hydrogens is 371 g/mol. The molecule has 3 aromatic rings. The SMILES string of the molecule is CC(N)Cc1cccc2c1ccn2Cc1ccc(I)cc1. The van der Waals surface area contributed by atoms with Crippen molar-refractivity contribution in [2.24, 2.45) is 5.73 Å². The van der Waals surface area contributed by atoms with Crippen LogP contribution in [-0.2, 0) is 13.0 Å². The lowest BCUT2D eigenvalue weighted by Gasteiger charge is -2.09. The number of benzene rings is 2. The molecule has 0 saturated heterocycles. The van der Waals surface area contributed by atoms with Crippen molar-refractivity contribution in [3.8, 4) is 0 Å². The number of aromatic nitrogens is 1. The van der Waals surface area contributed by atoms with Crippen LogP contribution in [0.5, 0.6) is 0 Å². The van der Waals surface area contributed by atoms with Gasteiger partial charge < -0.3 is 10.3 Å². The molecule has 3 heteroatoms. The van der Waals surface area contributed by atoms with E-state index in [9.17, 15) is 0 Å². The van der Waals surface area contributed by atoms with Gasteiger partial charge in [-0.15, -0.1) is 0 Å². The van der Waals surface area contributed by atoms with Gasteiger partial charge in [0.1, 0.15) is 0 Å². The van der Waals surface area contributed by atoms with Crippen LogP contribution in [0.3, 0.4) is 0 Å². The molecule has 2 N–H and O–H groups in total. The van der Waals surface area contributed by atoms with Crippen LogP contribution in [0.2, 0.25) is 0 Å². The summed E-state index contributed by atoms with van der Waals surface area (Å²) in [5.74, 6) is 0. The zero-order valence-corrected chi connectivity index (χ0v) is 14.2. The molecule has 0 aliphatic carbocycles. The molecule has 2 aromatic carbocycles. The van der Waals surface area contributed by atoms with Gasteiger partial charge in [-0.25, -0.2) is 0 Å². The van der Waals surface area contributed by atoms with E-state index >= 15 is 0 Å². The Labute approximate surface area is 139 Å². The normalized spacial score (nSPS) is 12.7. The van der Waals surface area contributed by atoms with Crippen LogP contribution in [0.25, 0.3) is 10.9 Å². The van der Waals surface area contributed by atoms with E-state index in [2.05, 4.69) is 88.8 Å². The van der Waals surface area contributed by atoms with Crippen molar-refractivity contribution in [2.75, 3.05) is 0 Å². The molecule has 0 saturated carbocycles. The van der Waals surface area contributed by atoms with Crippen molar-refractivity contribution in [1.29, 1.82) is 0 Å². The fourth-order valence-corrected chi connectivity index (χ4v) is 3.10. The van der Waals surface area contributed by atoms with Gasteiger partial charge in [-0.2, -0.15) is 0 Å². The molecule has 1 heterocycles. The highest BCUT2D eigenvalue weighted by molar-refractivity contribution is 14.1. The summed E-state index contributed by atoms with van der Waals surface area (Å²) in [5.41, 5.74) is 9.90. The Morgan fingerprint density at radius 1 is 1.10 bits per heavy atom. The number of nitrogens with two attached hydrogens (primary N) is 1. The van der Waals surface area contributed by atoms with E-state index in [-0.39, 0.29) is 6.04 Å². The highest BCUT2D eigenvalue weighted by Gasteiger charge is 2.07. The molecule has 108 valence electrons. The van der Waals surface area contributed by atoms with Crippen molar-refractivity contribution in [3.05, 3.63) is 69.4 Å². The average molecular weight is 390 g/mol. The van der Waals surface area contributed by atoms with Crippen LogP contribution in [-0.4, -0.2) is 10.6 Å². The molecule has 0 amide bonds. The van der Waals surface area contributed by atoms with Gasteiger partial charge in [-0.1, -0.05) is 24.3 Å². The molecule has 0 aliphatic heterocycles. The van der Waals surface area contributed by atoms with Crippen molar-refractivity contribution in [2.45, 2.75) is 25.9 Å². The Hall–Kier alpha value is -1.33. The lowest BCUT2D eigenvalue weighted by Crippen LogP contribution is -2.17. The van der Waals surface area contributed by atoms with E-state index in [4.69, 9.17) is 5.73 Å². The van der Waals surface area contributed by atoms with E-state index in [1.807, 2.05) is 0 Å². The van der Waals surface area contributed by atoms with Gasteiger partial charge >= 0.3 is 0 Å². The summed E-state index contributed by atoms with van der Waals surface area (Å²) in [6, 6.07) is 17.6. The van der Waals surface area contributed by atoms with Gasteiger partial charge in [0.05, 0.1) is 0 Å². The third-order valence-electron chi connectivity index (χ3n) is 3.71. The summed E-state index contributed by atoms with van der Waals surface area (Å²) in [4.78, 5) is 0. The first kappa shape index (κ1) is 14.6. The highest BCUT2D eigenvalue weighted by atomic mass is 127. The first-order chi connectivity index (χ1) is 10.1. The standard InChI is InChI=1S/C18H19IN2/c1-13(20)11-15-3-2-4-18-17(15)9-10-21(18)12-14-5-7-16(19)8-6-14/h2-10,13H,11-12,20H2,1H3. The molecule has 1 unspecified atom stereocenters. The van der Waals surface area contributed by atoms with Crippen LogP contribution in [0.4, 0.5) is 0 Å². The Balaban J connectivity index is 1.95. The predicted octanol–water partition coefficient (Wildman–Crippen LogP) is 4.18. The summed E-state index contributed by atoms with van der Waals surface area (Å²) in [7, 11) is 0. The van der Waals surface area contributed by atoms with Crippen LogP contribution in [0, 0.1) is 3.57 Å². The van der Waals surface area contributed by atoms with Crippen LogP contribution < -0.4 is 5.73 Å². The van der Waals surface area contributed by atoms with Crippen LogP contribution in [0.15, 0.2) is 54.7 Å². The van der Waals surface area contributed by atoms with Crippen molar-refractivity contribution in [3.63, 3.8) is 0 Å². The molecule has 0 fully saturated rings. The minimum absolute atomic E-state index is 0.190. The Morgan fingerprint density at radius 3 is 2.57 bits per heavy atom. The van der Waals surface area contributed by atoms with Crippen molar-refractivity contribution < 1.29 is 0 Å². The van der Waals surface area contributed by atoms with Gasteiger partial charge in [0.15, 0.2) is 0 Å². The molecule has 0 radical (unpaired) electrons. The van der Waals surface area contributed by atoms with Gasteiger partial charge in [0.2, 0.25) is 0 Å². The quantitative estimate of drug-likeness (QED) is 0.666. The van der Waals surface area contributed by atoms with Gasteiger partial charge in [0, 0.05) is 33.3 Å². The number of hydrogen-bond donors (Lipinski definition) is 1. The maximum absolute atomic E-state index is 5.95. The zero-order valence-electron chi connectivity index (χ0n) is 12.1. The monoisotopic (exact) mass is 390 g/mol. The first-order valence-electron chi connectivity index (χ1n) is 7.20. The molecular formula is C18H19IN2. The number of hydrogen-bond acceptors (Lipinski definition) is 1. The molecule has 1 atom stereocenters. The minimum Gasteiger partial charge on any atom is -0.343 e. The molecule has 3 rings (SSSR count). The number of rotatable bonds is 4. The smallest absolute Gasteiger partial charge is 0.0486 e. The summed E-state index contributed by atoms with van der Waals surface area (Å²) < 4.78 is 3.58. The van der Waals surface area contributed by atoms with Gasteiger partial charge in [0.25, 0.3) is 0 Å². The van der Waals surface area contributed by atoms with Gasteiger partial charge in [-0.3, -0.25) is 0 Å². The van der Waals surface area contributed by atoms with Crippen LogP contribution >= 0.6 is 22.6 Å². The summed E-state index contributed by atoms with van der Waals surface area (Å²) in [6.45, 7) is 2.96. The average Bonchev–Trinajstić information content (AvgIpc) is 2.85. The highest BCUT2D eigenvalue weighted by Crippen LogP contribution is 2.22. The molecule has 0 spiro atoms. The third kappa shape index (κ3) is 3.30. The minimum atomic E-state index is 0.190. The third-order valence-corrected chi connectivity index (χ3v) is 4.43. The molecule has 1 aromatic heterocycles. The second kappa shape index (κ2) is 6.20. The number of fused-ring (bicyclic) bond motifs is 1. The van der Waals surface area contributed by atoms with E-state index in [1.54, 1.807) is 0 Å². The lowest BCUT2D eigenvalue weighted by molar-refractivity contribution is 0.741. The predicted molar refractivity (Wildman–Crippen MR) is 97.6 cm³/mol. The van der Waals surface area contributed by atoms with E-state index < -0.39 is 0 Å². The van der Waals surface area contributed by atoms with Crippen LogP contribution in [0.1, 0.15) is 18.1 Å². The summed E-state index contributed by atoms with van der Waals surface area (Å²) in [6.07, 6.45) is 3.10. The fraction of sp³-hybridized carbons (Fsp3) is 0.222. The van der Waals surface area contributed by atoms with Gasteiger partial charge in [-0.05, 0) is 71.3 Å². The maximum atomic E-state index is 5.95. The summed E-state index contributed by atoms with van der Waals surface area (Å²) in [5, 5.41) is 1.32. The van der Waals surface area contributed by atoms with Crippen molar-refractivity contribution in [1.82, 2.24) is 4.57 Å². The lowest BCUT2D eigenvalue weighted by atomic mass is 10.0. The fourth-order valence-electron chi connectivity index (χ4n) is 2.74. The Morgan fingerprint density at radius 2 is 1.86 bits per heavy atom. The molecule has 21 heavy (non-hydrogen) atoms. The van der Waals surface area contributed by atoms with E-state index in [0.717, 1.165) is 13.0 Å². The van der Waals surface area contributed by atoms with E-state index in [0.29, 0.717) is 0 Å². The molecule has 0 aliphatic rings. The zero-order chi connectivity index (χ0) is 14.8. The first-order valence-corrected chi connectivity index (χ1v) is 8.28. The number of halogens is 1. The molecule has 2 nitrogen and oxygen atoms in total. The Bertz CT molecular complexity index is 742. The molecule has 0 bridgehead atoms. The summed E-state index contributed by atoms with van der Waals surface area (Å²) >= 11 is 2.34. The van der Waals surface area contributed by atoms with Crippen molar-refractivity contribution >= 4 is 33.5 Å². The Kier molecular flexibility index (Phi) is 4.31. The number of nitrogens with zero attached hydrogens (tertiary/aromatic N) is 1. The topological polar surface area (TPSA) is 30.9 Å². The second-order valence-corrected chi connectivity index (χ2v) is 6.85. The van der Waals surface area contributed by atoms with E-state index in [1.165, 1.54) is 25.6 Å². The second-order valence-electron chi connectivity index (χ2n) is 5.60. The maximum Gasteiger partial charge on any atom is 0.0486 e.